The second kappa shape index (κ2) is 9.36. The van der Waals surface area contributed by atoms with Gasteiger partial charge in [0.1, 0.15) is 11.6 Å². The molecular formula is C18H26N4O2S. The number of likely N-dealkylation sites (N-methyl/N-ethyl adjacent to an activating group) is 1. The van der Waals surface area contributed by atoms with Crippen molar-refractivity contribution in [3.8, 4) is 5.75 Å². The lowest BCUT2D eigenvalue weighted by atomic mass is 10.1. The summed E-state index contributed by atoms with van der Waals surface area (Å²) >= 11 is 1.31. The summed E-state index contributed by atoms with van der Waals surface area (Å²) in [5.41, 5.74) is 1.10. The van der Waals surface area contributed by atoms with Crippen LogP contribution in [-0.2, 0) is 11.2 Å². The first-order chi connectivity index (χ1) is 12.0. The standard InChI is InChI=1S/C18H26N4O2S/c1-13(2)8-9-19-17(23)12-22(3)18-20-16(21-25-18)11-14-6-5-7-15(10-14)24-4/h5-7,10,13H,8-9,11-12H2,1-4H3,(H,19,23). The molecule has 0 unspecified atom stereocenters. The van der Waals surface area contributed by atoms with Crippen molar-refractivity contribution in [2.75, 3.05) is 32.1 Å². The molecule has 1 heterocycles. The Balaban J connectivity index is 1.88. The quantitative estimate of drug-likeness (QED) is 0.743. The number of nitrogens with zero attached hydrogens (tertiary/aromatic N) is 3. The normalized spacial score (nSPS) is 10.8. The molecule has 136 valence electrons. The first-order valence-corrected chi connectivity index (χ1v) is 9.18. The molecule has 7 heteroatoms. The summed E-state index contributed by atoms with van der Waals surface area (Å²) in [5, 5.41) is 3.68. The Bertz CT molecular complexity index is 687. The van der Waals surface area contributed by atoms with Gasteiger partial charge in [-0.2, -0.15) is 4.37 Å². The molecular weight excluding hydrogens is 336 g/mol. The van der Waals surface area contributed by atoms with Crippen LogP contribution in [0.1, 0.15) is 31.7 Å². The van der Waals surface area contributed by atoms with Crippen molar-refractivity contribution in [1.29, 1.82) is 0 Å². The van der Waals surface area contributed by atoms with E-state index in [0.29, 0.717) is 18.9 Å². The van der Waals surface area contributed by atoms with Crippen LogP contribution in [0.2, 0.25) is 0 Å². The number of amides is 1. The maximum atomic E-state index is 12.0. The molecule has 0 fully saturated rings. The lowest BCUT2D eigenvalue weighted by Crippen LogP contribution is -2.35. The molecule has 0 spiro atoms. The number of carbonyl (C=O) groups excluding carboxylic acids is 1. The average Bonchev–Trinajstić information content (AvgIpc) is 3.03. The molecule has 0 radical (unpaired) electrons. The van der Waals surface area contributed by atoms with Crippen molar-refractivity contribution < 1.29 is 9.53 Å². The molecule has 2 rings (SSSR count). The number of carbonyl (C=O) groups is 1. The molecule has 0 saturated carbocycles. The second-order valence-corrected chi connectivity index (χ2v) is 7.14. The summed E-state index contributed by atoms with van der Waals surface area (Å²) in [6.07, 6.45) is 1.63. The molecule has 0 saturated heterocycles. The molecule has 0 bridgehead atoms. The van der Waals surface area contributed by atoms with Gasteiger partial charge < -0.3 is 15.0 Å². The van der Waals surface area contributed by atoms with Crippen LogP contribution in [0.4, 0.5) is 5.13 Å². The maximum Gasteiger partial charge on any atom is 0.239 e. The van der Waals surface area contributed by atoms with E-state index in [0.717, 1.165) is 28.7 Å². The number of nitrogens with one attached hydrogen (secondary N) is 1. The van der Waals surface area contributed by atoms with Crippen molar-refractivity contribution in [3.63, 3.8) is 0 Å². The zero-order chi connectivity index (χ0) is 18.2. The molecule has 6 nitrogen and oxygen atoms in total. The van der Waals surface area contributed by atoms with Gasteiger partial charge in [0.25, 0.3) is 0 Å². The minimum atomic E-state index is 0.00713. The summed E-state index contributed by atoms with van der Waals surface area (Å²) in [7, 11) is 3.51. The minimum absolute atomic E-state index is 0.00713. The number of benzene rings is 1. The van der Waals surface area contributed by atoms with Gasteiger partial charge in [-0.15, -0.1) is 0 Å². The highest BCUT2D eigenvalue weighted by Crippen LogP contribution is 2.19. The predicted octanol–water partition coefficient (Wildman–Crippen LogP) is 2.74. The van der Waals surface area contributed by atoms with E-state index < -0.39 is 0 Å². The molecule has 0 aliphatic rings. The summed E-state index contributed by atoms with van der Waals surface area (Å²) in [6.45, 7) is 5.28. The van der Waals surface area contributed by atoms with E-state index >= 15 is 0 Å². The van der Waals surface area contributed by atoms with Crippen molar-refractivity contribution in [3.05, 3.63) is 35.7 Å². The lowest BCUT2D eigenvalue weighted by Gasteiger charge is -2.15. The number of hydrogen-bond acceptors (Lipinski definition) is 6. The Morgan fingerprint density at radius 2 is 2.20 bits per heavy atom. The van der Waals surface area contributed by atoms with Crippen molar-refractivity contribution in [2.45, 2.75) is 26.7 Å². The zero-order valence-electron chi connectivity index (χ0n) is 15.3. The van der Waals surface area contributed by atoms with Crippen LogP contribution >= 0.6 is 11.5 Å². The Labute approximate surface area is 153 Å². The number of aromatic nitrogens is 2. The highest BCUT2D eigenvalue weighted by atomic mass is 32.1. The zero-order valence-corrected chi connectivity index (χ0v) is 16.1. The third-order valence-electron chi connectivity index (χ3n) is 3.70. The van der Waals surface area contributed by atoms with E-state index in [2.05, 4.69) is 28.5 Å². The molecule has 0 aliphatic heterocycles. The van der Waals surface area contributed by atoms with Crippen LogP contribution in [0, 0.1) is 5.92 Å². The first-order valence-electron chi connectivity index (χ1n) is 8.41. The Kier molecular flexibility index (Phi) is 7.18. The van der Waals surface area contributed by atoms with Crippen LogP contribution < -0.4 is 15.0 Å². The Morgan fingerprint density at radius 1 is 1.40 bits per heavy atom. The molecule has 1 N–H and O–H groups in total. The van der Waals surface area contributed by atoms with Gasteiger partial charge in [0, 0.05) is 31.5 Å². The fraction of sp³-hybridized carbons (Fsp3) is 0.500. The summed E-state index contributed by atoms with van der Waals surface area (Å²) < 4.78 is 9.63. The Morgan fingerprint density at radius 3 is 2.92 bits per heavy atom. The van der Waals surface area contributed by atoms with Crippen LogP contribution in [0.5, 0.6) is 5.75 Å². The lowest BCUT2D eigenvalue weighted by molar-refractivity contribution is -0.119. The average molecular weight is 362 g/mol. The van der Waals surface area contributed by atoms with Gasteiger partial charge in [-0.3, -0.25) is 4.79 Å². The van der Waals surface area contributed by atoms with Gasteiger partial charge in [0.15, 0.2) is 0 Å². The van der Waals surface area contributed by atoms with Gasteiger partial charge in [-0.05, 0) is 30.0 Å². The van der Waals surface area contributed by atoms with E-state index in [-0.39, 0.29) is 12.5 Å². The van der Waals surface area contributed by atoms with Crippen LogP contribution in [0.3, 0.4) is 0 Å². The molecule has 0 aliphatic carbocycles. The molecule has 1 aromatic carbocycles. The fourth-order valence-electron chi connectivity index (χ4n) is 2.28. The highest BCUT2D eigenvalue weighted by molar-refractivity contribution is 7.09. The number of methoxy groups -OCH3 is 1. The minimum Gasteiger partial charge on any atom is -0.497 e. The van der Waals surface area contributed by atoms with Crippen LogP contribution in [0.15, 0.2) is 24.3 Å². The summed E-state index contributed by atoms with van der Waals surface area (Å²) in [4.78, 5) is 18.3. The van der Waals surface area contributed by atoms with Gasteiger partial charge in [0.2, 0.25) is 11.0 Å². The molecule has 1 aromatic heterocycles. The van der Waals surface area contributed by atoms with Gasteiger partial charge >= 0.3 is 0 Å². The van der Waals surface area contributed by atoms with Crippen LogP contribution in [-0.4, -0.2) is 42.5 Å². The van der Waals surface area contributed by atoms with Crippen LogP contribution in [0.25, 0.3) is 0 Å². The predicted molar refractivity (Wildman–Crippen MR) is 101 cm³/mol. The maximum absolute atomic E-state index is 12.0. The van der Waals surface area contributed by atoms with Crippen molar-refractivity contribution in [1.82, 2.24) is 14.7 Å². The monoisotopic (exact) mass is 362 g/mol. The van der Waals surface area contributed by atoms with E-state index in [9.17, 15) is 4.79 Å². The number of ether oxygens (including phenoxy) is 1. The molecule has 0 atom stereocenters. The summed E-state index contributed by atoms with van der Waals surface area (Å²) in [5.74, 6) is 2.16. The highest BCUT2D eigenvalue weighted by Gasteiger charge is 2.13. The fourth-order valence-corrected chi connectivity index (χ4v) is 2.92. The smallest absolute Gasteiger partial charge is 0.239 e. The SMILES string of the molecule is COc1cccc(Cc2nsc(N(C)CC(=O)NCCC(C)C)n2)c1. The Hall–Kier alpha value is -2.15. The van der Waals surface area contributed by atoms with Crippen molar-refractivity contribution >= 4 is 22.6 Å². The van der Waals surface area contributed by atoms with E-state index in [1.165, 1.54) is 11.5 Å². The molecule has 25 heavy (non-hydrogen) atoms. The van der Waals surface area contributed by atoms with Gasteiger partial charge in [0.05, 0.1) is 13.7 Å². The largest absolute Gasteiger partial charge is 0.497 e. The third kappa shape index (κ3) is 6.34. The second-order valence-electron chi connectivity index (χ2n) is 6.41. The van der Waals surface area contributed by atoms with Crippen molar-refractivity contribution in [2.24, 2.45) is 5.92 Å². The first kappa shape index (κ1) is 19.2. The van der Waals surface area contributed by atoms with E-state index in [1.54, 1.807) is 7.11 Å². The topological polar surface area (TPSA) is 67.3 Å². The van der Waals surface area contributed by atoms with Gasteiger partial charge in [-0.1, -0.05) is 26.0 Å². The van der Waals surface area contributed by atoms with Gasteiger partial charge in [-0.25, -0.2) is 4.98 Å². The summed E-state index contributed by atoms with van der Waals surface area (Å²) in [6, 6.07) is 7.87. The molecule has 2 aromatic rings. The number of rotatable bonds is 9. The number of hydrogen-bond donors (Lipinski definition) is 1. The van der Waals surface area contributed by atoms with E-state index in [1.807, 2.05) is 36.2 Å². The third-order valence-corrected chi connectivity index (χ3v) is 4.57. The molecule has 1 amide bonds. The van der Waals surface area contributed by atoms with E-state index in [4.69, 9.17) is 4.74 Å². The number of anilines is 1.